The Labute approximate surface area is 102 Å². The summed E-state index contributed by atoms with van der Waals surface area (Å²) in [4.78, 5) is 0. The maximum absolute atomic E-state index is 3.50. The quantitative estimate of drug-likeness (QED) is 0.833. The average molecular weight is 226 g/mol. The summed E-state index contributed by atoms with van der Waals surface area (Å²) in [6.07, 6.45) is 4.05. The second-order valence-corrected chi connectivity index (χ2v) is 5.42. The lowest BCUT2D eigenvalue weighted by Crippen LogP contribution is -2.24. The van der Waals surface area contributed by atoms with Crippen molar-refractivity contribution in [2.45, 2.75) is 32.4 Å². The Balaban J connectivity index is 1.94. The highest BCUT2D eigenvalue weighted by molar-refractivity contribution is 5.85. The molecule has 1 fully saturated rings. The molecule has 0 amide bonds. The first-order valence-electron chi connectivity index (χ1n) is 6.73. The predicted molar refractivity (Wildman–Crippen MR) is 70.1 cm³/mol. The van der Waals surface area contributed by atoms with Gasteiger partial charge in [0.1, 0.15) is 0 Å². The van der Waals surface area contributed by atoms with Crippen molar-refractivity contribution in [2.75, 3.05) is 6.54 Å². The van der Waals surface area contributed by atoms with Crippen molar-refractivity contribution in [1.29, 1.82) is 0 Å². The highest BCUT2D eigenvalue weighted by atomic mass is 15.0. The second-order valence-electron chi connectivity index (χ2n) is 5.42. The summed E-state index contributed by atoms with van der Waals surface area (Å²) in [6, 6.07) is 8.91. The zero-order chi connectivity index (χ0) is 11.2. The minimum absolute atomic E-state index is 0.949. The lowest BCUT2D eigenvalue weighted by Gasteiger charge is -2.17. The fourth-order valence-electron chi connectivity index (χ4n) is 3.10. The van der Waals surface area contributed by atoms with Crippen molar-refractivity contribution >= 4 is 10.9 Å². The SMILES string of the molecule is c1ccc2c(c1)c1c(n2CC2CC2)CCNC1. The molecule has 2 heteroatoms. The van der Waals surface area contributed by atoms with E-state index in [9.17, 15) is 0 Å². The van der Waals surface area contributed by atoms with Gasteiger partial charge in [0.2, 0.25) is 0 Å². The number of nitrogens with zero attached hydrogens (tertiary/aromatic N) is 1. The Kier molecular flexibility index (Phi) is 2.06. The maximum Gasteiger partial charge on any atom is 0.0485 e. The highest BCUT2D eigenvalue weighted by Crippen LogP contribution is 2.35. The van der Waals surface area contributed by atoms with Gasteiger partial charge in [-0.2, -0.15) is 0 Å². The number of hydrogen-bond acceptors (Lipinski definition) is 1. The summed E-state index contributed by atoms with van der Waals surface area (Å²) < 4.78 is 2.60. The molecule has 1 aromatic heterocycles. The van der Waals surface area contributed by atoms with E-state index >= 15 is 0 Å². The number of nitrogens with one attached hydrogen (secondary N) is 1. The van der Waals surface area contributed by atoms with Crippen LogP contribution >= 0.6 is 0 Å². The summed E-state index contributed by atoms with van der Waals surface area (Å²) in [7, 11) is 0. The number of fused-ring (bicyclic) bond motifs is 3. The summed E-state index contributed by atoms with van der Waals surface area (Å²) in [5.74, 6) is 0.949. The van der Waals surface area contributed by atoms with Gasteiger partial charge in [0.05, 0.1) is 0 Å². The standard InChI is InChI=1S/C15H18N2/c1-2-4-14-12(3-1)13-9-16-8-7-15(13)17(14)10-11-5-6-11/h1-4,11,16H,5-10H2. The zero-order valence-corrected chi connectivity index (χ0v) is 10.1. The minimum Gasteiger partial charge on any atom is -0.344 e. The third-order valence-corrected chi connectivity index (χ3v) is 4.17. The molecule has 17 heavy (non-hydrogen) atoms. The molecule has 88 valence electrons. The molecule has 1 aliphatic carbocycles. The van der Waals surface area contributed by atoms with Crippen LogP contribution < -0.4 is 5.32 Å². The van der Waals surface area contributed by atoms with Crippen molar-refractivity contribution in [2.24, 2.45) is 5.92 Å². The molecule has 0 bridgehead atoms. The molecule has 2 nitrogen and oxygen atoms in total. The van der Waals surface area contributed by atoms with E-state index in [2.05, 4.69) is 34.1 Å². The molecule has 1 N–H and O–H groups in total. The Bertz CT molecular complexity index is 564. The molecule has 0 unspecified atom stereocenters. The van der Waals surface area contributed by atoms with Crippen LogP contribution in [0.25, 0.3) is 10.9 Å². The van der Waals surface area contributed by atoms with Gasteiger partial charge < -0.3 is 9.88 Å². The van der Waals surface area contributed by atoms with Crippen LogP contribution in [0.2, 0.25) is 0 Å². The first-order valence-corrected chi connectivity index (χ1v) is 6.73. The third kappa shape index (κ3) is 1.51. The largest absolute Gasteiger partial charge is 0.344 e. The lowest BCUT2D eigenvalue weighted by molar-refractivity contribution is 0.571. The Morgan fingerprint density at radius 3 is 3.00 bits per heavy atom. The van der Waals surface area contributed by atoms with Crippen LogP contribution in [0, 0.1) is 5.92 Å². The third-order valence-electron chi connectivity index (χ3n) is 4.17. The molecule has 0 atom stereocenters. The summed E-state index contributed by atoms with van der Waals surface area (Å²) >= 11 is 0. The Morgan fingerprint density at radius 2 is 2.12 bits per heavy atom. The van der Waals surface area contributed by atoms with Crippen LogP contribution in [-0.2, 0) is 19.5 Å². The summed E-state index contributed by atoms with van der Waals surface area (Å²) in [5, 5.41) is 4.97. The van der Waals surface area contributed by atoms with Gasteiger partial charge in [0.15, 0.2) is 0 Å². The minimum atomic E-state index is 0.949. The van der Waals surface area contributed by atoms with Crippen LogP contribution in [0.3, 0.4) is 0 Å². The Morgan fingerprint density at radius 1 is 1.24 bits per heavy atom. The number of aromatic nitrogens is 1. The molecular weight excluding hydrogens is 208 g/mol. The van der Waals surface area contributed by atoms with E-state index in [1.807, 2.05) is 0 Å². The smallest absolute Gasteiger partial charge is 0.0485 e. The fourth-order valence-corrected chi connectivity index (χ4v) is 3.10. The summed E-state index contributed by atoms with van der Waals surface area (Å²) in [6.45, 7) is 3.43. The van der Waals surface area contributed by atoms with Crippen LogP contribution in [0.5, 0.6) is 0 Å². The van der Waals surface area contributed by atoms with Gasteiger partial charge in [-0.1, -0.05) is 18.2 Å². The van der Waals surface area contributed by atoms with E-state index in [4.69, 9.17) is 0 Å². The number of benzene rings is 1. The molecule has 1 aliphatic heterocycles. The van der Waals surface area contributed by atoms with Gasteiger partial charge in [0, 0.05) is 42.7 Å². The van der Waals surface area contributed by atoms with Crippen LogP contribution in [0.15, 0.2) is 24.3 Å². The van der Waals surface area contributed by atoms with E-state index in [1.54, 1.807) is 11.3 Å². The lowest BCUT2D eigenvalue weighted by atomic mass is 10.1. The van der Waals surface area contributed by atoms with Gasteiger partial charge in [0.25, 0.3) is 0 Å². The van der Waals surface area contributed by atoms with E-state index in [1.165, 1.54) is 36.7 Å². The molecule has 2 aliphatic rings. The van der Waals surface area contributed by atoms with Crippen molar-refractivity contribution in [1.82, 2.24) is 9.88 Å². The fraction of sp³-hybridized carbons (Fsp3) is 0.467. The van der Waals surface area contributed by atoms with Gasteiger partial charge in [-0.25, -0.2) is 0 Å². The van der Waals surface area contributed by atoms with E-state index < -0.39 is 0 Å². The zero-order valence-electron chi connectivity index (χ0n) is 10.1. The molecule has 1 aromatic carbocycles. The monoisotopic (exact) mass is 226 g/mol. The molecule has 4 rings (SSSR count). The molecular formula is C15H18N2. The number of hydrogen-bond donors (Lipinski definition) is 1. The normalized spacial score (nSPS) is 19.5. The molecule has 0 spiro atoms. The van der Waals surface area contributed by atoms with Crippen molar-refractivity contribution in [3.8, 4) is 0 Å². The van der Waals surface area contributed by atoms with E-state index in [0.29, 0.717) is 0 Å². The van der Waals surface area contributed by atoms with Gasteiger partial charge in [-0.15, -0.1) is 0 Å². The van der Waals surface area contributed by atoms with Crippen LogP contribution in [-0.4, -0.2) is 11.1 Å². The number of para-hydroxylation sites is 1. The predicted octanol–water partition coefficient (Wildman–Crippen LogP) is 2.70. The summed E-state index contributed by atoms with van der Waals surface area (Å²) in [5.41, 5.74) is 4.59. The average Bonchev–Trinajstić information content (AvgIpc) is 3.15. The molecule has 2 aromatic rings. The maximum atomic E-state index is 3.50. The topological polar surface area (TPSA) is 17.0 Å². The Hall–Kier alpha value is -1.28. The van der Waals surface area contributed by atoms with Gasteiger partial charge in [-0.3, -0.25) is 0 Å². The van der Waals surface area contributed by atoms with Gasteiger partial charge in [-0.05, 0) is 30.4 Å². The molecule has 1 saturated carbocycles. The van der Waals surface area contributed by atoms with Crippen LogP contribution in [0.1, 0.15) is 24.1 Å². The van der Waals surface area contributed by atoms with Crippen molar-refractivity contribution < 1.29 is 0 Å². The first-order chi connectivity index (χ1) is 8.43. The molecule has 2 heterocycles. The second kappa shape index (κ2) is 3.61. The number of rotatable bonds is 2. The van der Waals surface area contributed by atoms with Gasteiger partial charge >= 0.3 is 0 Å². The molecule has 0 saturated heterocycles. The van der Waals surface area contributed by atoms with Crippen molar-refractivity contribution in [3.63, 3.8) is 0 Å². The van der Waals surface area contributed by atoms with Crippen LogP contribution in [0.4, 0.5) is 0 Å². The van der Waals surface area contributed by atoms with Crippen molar-refractivity contribution in [3.05, 3.63) is 35.5 Å². The highest BCUT2D eigenvalue weighted by Gasteiger charge is 2.26. The van der Waals surface area contributed by atoms with E-state index in [-0.39, 0.29) is 0 Å². The van der Waals surface area contributed by atoms with E-state index in [0.717, 1.165) is 19.0 Å². The first kappa shape index (κ1) is 9.72. The molecule has 0 radical (unpaired) electrons.